The summed E-state index contributed by atoms with van der Waals surface area (Å²) in [5.41, 5.74) is 1.43. The maximum Gasteiger partial charge on any atom is 0.350 e. The third-order valence-electron chi connectivity index (χ3n) is 6.23. The smallest absolute Gasteiger partial charge is 0.350 e. The van der Waals surface area contributed by atoms with Crippen molar-refractivity contribution >= 4 is 39.9 Å². The fraction of sp³-hybridized carbons (Fsp3) is 0.241. The zero-order chi connectivity index (χ0) is 29.1. The number of rotatable bonds is 9. The van der Waals surface area contributed by atoms with Crippen molar-refractivity contribution in [3.05, 3.63) is 81.9 Å². The molecule has 1 aliphatic rings. The third-order valence-corrected chi connectivity index (χ3v) is 7.36. The maximum absolute atomic E-state index is 13.5. The van der Waals surface area contributed by atoms with Gasteiger partial charge in [0, 0.05) is 5.56 Å². The predicted octanol–water partition coefficient (Wildman–Crippen LogP) is 4.84. The number of phenols is 1. The van der Waals surface area contributed by atoms with Crippen LogP contribution in [0.5, 0.6) is 17.2 Å². The first-order valence-electron chi connectivity index (χ1n) is 12.3. The van der Waals surface area contributed by atoms with Gasteiger partial charge in [-0.15, -0.1) is 0 Å². The zero-order valence-electron chi connectivity index (χ0n) is 22.4. The molecule has 2 aromatic carbocycles. The zero-order valence-corrected chi connectivity index (χ0v) is 23.2. The Balaban J connectivity index is 1.94. The molecule has 3 aromatic rings. The lowest BCUT2D eigenvalue weighted by molar-refractivity contribution is -0.132. The number of phenolic OH excluding ortho intramolecular Hbond substituents is 1. The Hall–Kier alpha value is -4.64. The minimum Gasteiger partial charge on any atom is -0.507 e. The van der Waals surface area contributed by atoms with Gasteiger partial charge in [0.1, 0.15) is 23.0 Å². The number of aromatic nitrogens is 1. The van der Waals surface area contributed by atoms with E-state index in [1.54, 1.807) is 45.0 Å². The van der Waals surface area contributed by atoms with E-state index in [-0.39, 0.29) is 33.7 Å². The standard InChI is InChI=1S/C29H28N2O8S/c1-6-12-39-18-9-10-19(15(3)13-18)24(33)22-23(17-8-11-20(32)21(14-17)38-7-2)31(27(35)25(22)34)29-30-16(4)26(40-29)28(36)37-5/h6,8-11,13-14,23,32-33H,1,7,12H2,2-5H3/b24-22-. The molecule has 1 aliphatic heterocycles. The van der Waals surface area contributed by atoms with Gasteiger partial charge in [-0.1, -0.05) is 30.1 Å². The first-order chi connectivity index (χ1) is 19.1. The van der Waals surface area contributed by atoms with Crippen LogP contribution in [0.15, 0.2) is 54.6 Å². The predicted molar refractivity (Wildman–Crippen MR) is 149 cm³/mol. The van der Waals surface area contributed by atoms with Crippen LogP contribution in [-0.4, -0.2) is 53.2 Å². The third kappa shape index (κ3) is 5.15. The normalized spacial score (nSPS) is 16.2. The van der Waals surface area contributed by atoms with E-state index in [0.29, 0.717) is 34.7 Å². The van der Waals surface area contributed by atoms with Crippen LogP contribution in [0.25, 0.3) is 5.76 Å². The van der Waals surface area contributed by atoms with E-state index in [1.807, 2.05) is 0 Å². The Kier molecular flexibility index (Phi) is 8.24. The summed E-state index contributed by atoms with van der Waals surface area (Å²) in [6.45, 7) is 9.24. The minimum atomic E-state index is -1.15. The van der Waals surface area contributed by atoms with Crippen LogP contribution < -0.4 is 14.4 Å². The number of nitrogens with zero attached hydrogens (tertiary/aromatic N) is 2. The first-order valence-corrected chi connectivity index (χ1v) is 13.1. The molecule has 4 rings (SSSR count). The monoisotopic (exact) mass is 564 g/mol. The number of benzene rings is 2. The molecule has 0 bridgehead atoms. The van der Waals surface area contributed by atoms with Crippen LogP contribution >= 0.6 is 11.3 Å². The average Bonchev–Trinajstić information content (AvgIpc) is 3.44. The van der Waals surface area contributed by atoms with E-state index in [4.69, 9.17) is 14.2 Å². The van der Waals surface area contributed by atoms with Crippen LogP contribution in [0, 0.1) is 13.8 Å². The molecule has 10 nitrogen and oxygen atoms in total. The van der Waals surface area contributed by atoms with Crippen molar-refractivity contribution in [2.24, 2.45) is 0 Å². The second kappa shape index (κ2) is 11.6. The van der Waals surface area contributed by atoms with E-state index in [1.165, 1.54) is 25.3 Å². The van der Waals surface area contributed by atoms with Crippen molar-refractivity contribution in [3.8, 4) is 17.2 Å². The lowest BCUT2D eigenvalue weighted by Gasteiger charge is -2.24. The number of hydrogen-bond donors (Lipinski definition) is 2. The number of carbonyl (C=O) groups excluding carboxylic acids is 3. The summed E-state index contributed by atoms with van der Waals surface area (Å²) in [5.74, 6) is -2.36. The number of aliphatic hydroxyl groups is 1. The number of thiazole rings is 1. The summed E-state index contributed by atoms with van der Waals surface area (Å²) >= 11 is 0.891. The second-order valence-corrected chi connectivity index (χ2v) is 9.79. The molecule has 40 heavy (non-hydrogen) atoms. The quantitative estimate of drug-likeness (QED) is 0.123. The van der Waals surface area contributed by atoms with Crippen molar-refractivity contribution < 1.29 is 38.8 Å². The fourth-order valence-electron chi connectivity index (χ4n) is 4.38. The summed E-state index contributed by atoms with van der Waals surface area (Å²) in [6, 6.07) is 8.18. The highest BCUT2D eigenvalue weighted by Gasteiger charge is 2.48. The van der Waals surface area contributed by atoms with Gasteiger partial charge < -0.3 is 24.4 Å². The largest absolute Gasteiger partial charge is 0.507 e. The lowest BCUT2D eigenvalue weighted by atomic mass is 9.93. The fourth-order valence-corrected chi connectivity index (χ4v) is 5.39. The molecular formula is C29H28N2O8S. The Morgan fingerprint density at radius 3 is 2.58 bits per heavy atom. The molecule has 1 atom stereocenters. The van der Waals surface area contributed by atoms with Gasteiger partial charge in [0.15, 0.2) is 16.6 Å². The van der Waals surface area contributed by atoms with Crippen molar-refractivity contribution in [2.45, 2.75) is 26.8 Å². The number of aliphatic hydroxyl groups excluding tert-OH is 1. The number of ether oxygens (including phenoxy) is 3. The highest BCUT2D eigenvalue weighted by atomic mass is 32.1. The number of hydrogen-bond acceptors (Lipinski definition) is 10. The van der Waals surface area contributed by atoms with E-state index in [0.717, 1.165) is 16.2 Å². The number of esters is 1. The van der Waals surface area contributed by atoms with Crippen molar-refractivity contribution in [3.63, 3.8) is 0 Å². The first kappa shape index (κ1) is 28.4. The molecule has 0 aliphatic carbocycles. The van der Waals surface area contributed by atoms with Gasteiger partial charge in [-0.25, -0.2) is 9.78 Å². The summed E-state index contributed by atoms with van der Waals surface area (Å²) in [5, 5.41) is 21.9. The van der Waals surface area contributed by atoms with Gasteiger partial charge >= 0.3 is 11.9 Å². The molecule has 1 saturated heterocycles. The molecule has 11 heteroatoms. The molecule has 1 unspecified atom stereocenters. The number of methoxy groups -OCH3 is 1. The van der Waals surface area contributed by atoms with Crippen LogP contribution in [0.3, 0.4) is 0 Å². The molecule has 1 aromatic heterocycles. The molecule has 208 valence electrons. The van der Waals surface area contributed by atoms with Crippen LogP contribution in [-0.2, 0) is 14.3 Å². The highest BCUT2D eigenvalue weighted by Crippen LogP contribution is 2.45. The van der Waals surface area contributed by atoms with Gasteiger partial charge in [0.2, 0.25) is 0 Å². The van der Waals surface area contributed by atoms with E-state index >= 15 is 0 Å². The van der Waals surface area contributed by atoms with E-state index in [2.05, 4.69) is 11.6 Å². The summed E-state index contributed by atoms with van der Waals surface area (Å²) in [4.78, 5) is 45.0. The Morgan fingerprint density at radius 1 is 1.18 bits per heavy atom. The van der Waals surface area contributed by atoms with Gasteiger partial charge in [0.05, 0.1) is 31.0 Å². The van der Waals surface area contributed by atoms with Crippen molar-refractivity contribution in [1.29, 1.82) is 0 Å². The molecule has 0 radical (unpaired) electrons. The SMILES string of the molecule is C=CCOc1ccc(/C(O)=C2/C(=O)C(=O)N(c3nc(C)c(C(=O)OC)s3)C2c2ccc(O)c(OCC)c2)c(C)c1. The van der Waals surface area contributed by atoms with E-state index in [9.17, 15) is 24.6 Å². The van der Waals surface area contributed by atoms with Gasteiger partial charge in [-0.2, -0.15) is 0 Å². The minimum absolute atomic E-state index is 0.0694. The molecular weight excluding hydrogens is 536 g/mol. The second-order valence-electron chi connectivity index (χ2n) is 8.81. The maximum atomic E-state index is 13.5. The number of anilines is 1. The number of Topliss-reactive ketones (excluding diaryl/α,β-unsaturated/α-hetero) is 1. The number of ketones is 1. The number of amides is 1. The Morgan fingerprint density at radius 2 is 1.93 bits per heavy atom. The van der Waals surface area contributed by atoms with Gasteiger partial charge in [-0.3, -0.25) is 14.5 Å². The molecule has 1 fully saturated rings. The van der Waals surface area contributed by atoms with Crippen LogP contribution in [0.4, 0.5) is 5.13 Å². The number of aryl methyl sites for hydroxylation is 2. The summed E-state index contributed by atoms with van der Waals surface area (Å²) in [6.07, 6.45) is 1.60. The Bertz CT molecular complexity index is 1540. The molecule has 1 amide bonds. The average molecular weight is 565 g/mol. The van der Waals surface area contributed by atoms with Gasteiger partial charge in [-0.05, 0) is 62.2 Å². The van der Waals surface area contributed by atoms with Crippen molar-refractivity contribution in [1.82, 2.24) is 4.98 Å². The summed E-state index contributed by atoms with van der Waals surface area (Å²) < 4.78 is 15.9. The Labute approximate surface area is 234 Å². The number of carbonyl (C=O) groups is 3. The van der Waals surface area contributed by atoms with Crippen LogP contribution in [0.1, 0.15) is 45.0 Å². The lowest BCUT2D eigenvalue weighted by Crippen LogP contribution is -2.29. The molecule has 2 heterocycles. The van der Waals surface area contributed by atoms with Crippen molar-refractivity contribution in [2.75, 3.05) is 25.2 Å². The highest BCUT2D eigenvalue weighted by molar-refractivity contribution is 7.17. The molecule has 0 spiro atoms. The molecule has 2 N–H and O–H groups in total. The van der Waals surface area contributed by atoms with E-state index < -0.39 is 29.5 Å². The number of aromatic hydroxyl groups is 1. The van der Waals surface area contributed by atoms with Gasteiger partial charge in [0.25, 0.3) is 5.78 Å². The summed E-state index contributed by atoms with van der Waals surface area (Å²) in [7, 11) is 1.23. The van der Waals surface area contributed by atoms with Crippen LogP contribution in [0.2, 0.25) is 0 Å². The molecule has 0 saturated carbocycles. The topological polar surface area (TPSA) is 135 Å².